The second kappa shape index (κ2) is 15.2. The predicted octanol–water partition coefficient (Wildman–Crippen LogP) is 16.2. The Kier molecular flexibility index (Phi) is 8.66. The van der Waals surface area contributed by atoms with Gasteiger partial charge in [-0.3, -0.25) is 0 Å². The molecule has 70 heavy (non-hydrogen) atoms. The van der Waals surface area contributed by atoms with E-state index in [2.05, 4.69) is 237 Å². The monoisotopic (exact) mass is 925 g/mol. The summed E-state index contributed by atoms with van der Waals surface area (Å²) >= 11 is 3.70. The van der Waals surface area contributed by atoms with Crippen molar-refractivity contribution in [3.05, 3.63) is 281 Å². The van der Waals surface area contributed by atoms with Crippen LogP contribution in [0.5, 0.6) is 0 Å². The van der Waals surface area contributed by atoms with E-state index in [1.54, 1.807) is 0 Å². The van der Waals surface area contributed by atoms with Crippen molar-refractivity contribution in [2.75, 3.05) is 0 Å². The third-order valence-corrected chi connectivity index (χ3v) is 17.4. The van der Waals surface area contributed by atoms with Crippen LogP contribution in [-0.4, -0.2) is 15.0 Å². The minimum absolute atomic E-state index is 0.471. The number of benzene rings is 10. The average Bonchev–Trinajstić information content (AvgIpc) is 3.89. The highest BCUT2D eigenvalue weighted by atomic mass is 32.2. The van der Waals surface area contributed by atoms with Gasteiger partial charge < -0.3 is 0 Å². The second-order valence-electron chi connectivity index (χ2n) is 18.5. The summed E-state index contributed by atoms with van der Waals surface area (Å²) in [6.07, 6.45) is 0. The largest absolute Gasteiger partial charge is 0.208 e. The Hall–Kier alpha value is -8.09. The summed E-state index contributed by atoms with van der Waals surface area (Å²) in [7, 11) is 0. The van der Waals surface area contributed by atoms with Crippen molar-refractivity contribution in [2.24, 2.45) is 0 Å². The zero-order valence-corrected chi connectivity index (χ0v) is 39.3. The van der Waals surface area contributed by atoms with Gasteiger partial charge in [0.25, 0.3) is 0 Å². The van der Waals surface area contributed by atoms with Crippen LogP contribution in [0.4, 0.5) is 0 Å². The molecule has 11 aromatic rings. The summed E-state index contributed by atoms with van der Waals surface area (Å²) in [5, 5.41) is 0. The van der Waals surface area contributed by atoms with E-state index in [9.17, 15) is 0 Å². The van der Waals surface area contributed by atoms with E-state index in [0.717, 1.165) is 27.8 Å². The molecule has 0 atom stereocenters. The molecule has 0 fully saturated rings. The molecule has 0 N–H and O–H groups in total. The Balaban J connectivity index is 0.961. The highest BCUT2D eigenvalue weighted by Crippen LogP contribution is 2.64. The maximum atomic E-state index is 5.56. The maximum Gasteiger partial charge on any atom is 0.164 e. The zero-order chi connectivity index (χ0) is 46.0. The van der Waals surface area contributed by atoms with E-state index < -0.39 is 10.8 Å². The molecule has 0 saturated heterocycles. The summed E-state index contributed by atoms with van der Waals surface area (Å²) in [5.41, 5.74) is 19.5. The summed E-state index contributed by atoms with van der Waals surface area (Å²) in [6, 6.07) is 86.6. The molecule has 2 aliphatic carbocycles. The van der Waals surface area contributed by atoms with E-state index in [0.29, 0.717) is 17.5 Å². The first kappa shape index (κ1) is 39.9. The molecule has 1 aromatic heterocycles. The van der Waals surface area contributed by atoms with Crippen molar-refractivity contribution < 1.29 is 0 Å². The van der Waals surface area contributed by atoms with Crippen molar-refractivity contribution >= 4 is 23.5 Å². The van der Waals surface area contributed by atoms with Gasteiger partial charge in [-0.1, -0.05) is 236 Å². The molecular formula is C65H39N3S2. The minimum atomic E-state index is -0.522. The molecule has 0 unspecified atom stereocenters. The Morgan fingerprint density at radius 1 is 0.243 bits per heavy atom. The third kappa shape index (κ3) is 5.47. The summed E-state index contributed by atoms with van der Waals surface area (Å²) in [6.45, 7) is 0. The van der Waals surface area contributed by atoms with E-state index >= 15 is 0 Å². The Labute approximate surface area is 415 Å². The lowest BCUT2D eigenvalue weighted by Crippen LogP contribution is -2.32. The van der Waals surface area contributed by atoms with Crippen LogP contribution in [0.3, 0.4) is 0 Å². The average molecular weight is 926 g/mol. The van der Waals surface area contributed by atoms with Gasteiger partial charge in [0, 0.05) is 36.3 Å². The lowest BCUT2D eigenvalue weighted by molar-refractivity contribution is 0.722. The fraction of sp³-hybridized carbons (Fsp3) is 0.0308. The Morgan fingerprint density at radius 3 is 1.24 bits per heavy atom. The first-order valence-corrected chi connectivity index (χ1v) is 25.5. The van der Waals surface area contributed by atoms with Gasteiger partial charge in [0.1, 0.15) is 0 Å². The van der Waals surface area contributed by atoms with Crippen LogP contribution in [0.2, 0.25) is 0 Å². The number of fused-ring (bicyclic) bond motifs is 18. The lowest BCUT2D eigenvalue weighted by Gasteiger charge is -2.39. The van der Waals surface area contributed by atoms with Gasteiger partial charge in [-0.15, -0.1) is 0 Å². The van der Waals surface area contributed by atoms with Crippen molar-refractivity contribution in [3.63, 3.8) is 0 Å². The third-order valence-electron chi connectivity index (χ3n) is 15.1. The molecule has 326 valence electrons. The molecule has 10 aromatic carbocycles. The molecule has 0 amide bonds. The maximum absolute atomic E-state index is 5.56. The standard InChI is InChI=1S/C65H39N3S2/c1-2-17-40(18-3-1)41-33-35-42(36-34-41)61-66-62(43-37-38-54-59(39-43)70-58-32-15-10-26-51(58)64(54)48-23-7-4-19-44(48)45-20-5-8-24-49(45)64)68-63(67-61)47-22-16-29-55-60(47)46-21-6-9-25-50(46)65(55)52-27-11-13-30-56(52)69-57-31-14-12-28-53(57)65/h1-39H. The molecular weight excluding hydrogens is 887 g/mol. The molecule has 2 aliphatic heterocycles. The van der Waals surface area contributed by atoms with Crippen LogP contribution in [0, 0.1) is 0 Å². The fourth-order valence-electron chi connectivity index (χ4n) is 12.3. The van der Waals surface area contributed by atoms with Gasteiger partial charge in [-0.25, -0.2) is 15.0 Å². The molecule has 15 rings (SSSR count). The predicted molar refractivity (Wildman–Crippen MR) is 284 cm³/mol. The molecule has 0 bridgehead atoms. The Morgan fingerprint density at radius 2 is 0.629 bits per heavy atom. The highest BCUT2D eigenvalue weighted by molar-refractivity contribution is 7.99. The summed E-state index contributed by atoms with van der Waals surface area (Å²) in [4.78, 5) is 21.4. The van der Waals surface area contributed by atoms with Gasteiger partial charge in [0.15, 0.2) is 17.5 Å². The number of nitrogens with zero attached hydrogens (tertiary/aromatic N) is 3. The number of hydrogen-bond donors (Lipinski definition) is 0. The lowest BCUT2D eigenvalue weighted by atomic mass is 9.67. The van der Waals surface area contributed by atoms with E-state index in [1.165, 1.54) is 86.3 Å². The fourth-order valence-corrected chi connectivity index (χ4v) is 14.7. The zero-order valence-electron chi connectivity index (χ0n) is 37.7. The summed E-state index contributed by atoms with van der Waals surface area (Å²) < 4.78 is 0. The first-order valence-electron chi connectivity index (χ1n) is 23.8. The molecule has 2 spiro atoms. The molecule has 5 heteroatoms. The van der Waals surface area contributed by atoms with Crippen LogP contribution >= 0.6 is 23.5 Å². The highest BCUT2D eigenvalue weighted by Gasteiger charge is 2.52. The molecule has 3 nitrogen and oxygen atoms in total. The van der Waals surface area contributed by atoms with Crippen LogP contribution in [0.15, 0.2) is 256 Å². The smallest absolute Gasteiger partial charge is 0.164 e. The SMILES string of the molecule is c1ccc(-c2ccc(-c3nc(-c4ccc5c(c4)Sc4ccccc4C54c5ccccc5-c5ccccc54)nc(-c4cccc5c4-c4ccccc4C54c5ccccc5Sc5ccccc54)n3)cc2)cc1. The summed E-state index contributed by atoms with van der Waals surface area (Å²) in [5.74, 6) is 1.92. The van der Waals surface area contributed by atoms with Gasteiger partial charge in [0.2, 0.25) is 0 Å². The number of aromatic nitrogens is 3. The Bertz CT molecular complexity index is 3880. The van der Waals surface area contributed by atoms with Crippen molar-refractivity contribution in [1.82, 2.24) is 15.0 Å². The molecule has 0 radical (unpaired) electrons. The van der Waals surface area contributed by atoms with Crippen LogP contribution in [0.1, 0.15) is 44.5 Å². The molecule has 0 saturated carbocycles. The van der Waals surface area contributed by atoms with Gasteiger partial charge >= 0.3 is 0 Å². The number of rotatable bonds is 4. The van der Waals surface area contributed by atoms with Crippen LogP contribution in [-0.2, 0) is 10.8 Å². The van der Waals surface area contributed by atoms with Crippen LogP contribution < -0.4 is 0 Å². The van der Waals surface area contributed by atoms with Crippen molar-refractivity contribution in [2.45, 2.75) is 30.4 Å². The van der Waals surface area contributed by atoms with E-state index in [1.807, 2.05) is 23.5 Å². The van der Waals surface area contributed by atoms with Crippen molar-refractivity contribution in [3.8, 4) is 67.5 Å². The number of hydrogen-bond acceptors (Lipinski definition) is 5. The topological polar surface area (TPSA) is 38.7 Å². The van der Waals surface area contributed by atoms with Crippen LogP contribution in [0.25, 0.3) is 67.5 Å². The molecule has 3 heterocycles. The molecule has 4 aliphatic rings. The minimum Gasteiger partial charge on any atom is -0.208 e. The van der Waals surface area contributed by atoms with Gasteiger partial charge in [0.05, 0.1) is 10.8 Å². The van der Waals surface area contributed by atoms with Gasteiger partial charge in [-0.05, 0) is 102 Å². The van der Waals surface area contributed by atoms with Crippen molar-refractivity contribution in [1.29, 1.82) is 0 Å². The van der Waals surface area contributed by atoms with Gasteiger partial charge in [-0.2, -0.15) is 0 Å². The second-order valence-corrected chi connectivity index (χ2v) is 20.7. The van der Waals surface area contributed by atoms with E-state index in [4.69, 9.17) is 15.0 Å². The quantitative estimate of drug-likeness (QED) is 0.176. The normalized spacial score (nSPS) is 14.4. The van der Waals surface area contributed by atoms with E-state index in [-0.39, 0.29) is 0 Å². The first-order chi connectivity index (χ1) is 34.7.